The minimum atomic E-state index is -4.91. The van der Waals surface area contributed by atoms with Crippen molar-refractivity contribution in [2.45, 2.75) is 19.2 Å². The predicted octanol–water partition coefficient (Wildman–Crippen LogP) is 2.32. The normalized spacial score (nSPS) is 11.3. The van der Waals surface area contributed by atoms with E-state index in [4.69, 9.17) is 4.74 Å². The number of carbonyl (C=O) groups is 1. The topological polar surface area (TPSA) is 65.2 Å². The molecule has 0 aliphatic rings. The zero-order valence-corrected chi connectivity index (χ0v) is 10.1. The maximum absolute atomic E-state index is 12.0. The highest BCUT2D eigenvalue weighted by atomic mass is 19.4. The number of carbonyl (C=O) groups excluding carboxylic acids is 1. The van der Waals surface area contributed by atoms with Gasteiger partial charge in [0.25, 0.3) is 0 Å². The average Bonchev–Trinajstić information content (AvgIpc) is 2.84. The quantitative estimate of drug-likeness (QED) is 0.844. The van der Waals surface area contributed by atoms with Crippen molar-refractivity contribution in [1.29, 1.82) is 0 Å². The van der Waals surface area contributed by atoms with E-state index in [0.717, 1.165) is 0 Å². The first kappa shape index (κ1) is 14.0. The van der Waals surface area contributed by atoms with Gasteiger partial charge in [-0.3, -0.25) is 4.79 Å². The van der Waals surface area contributed by atoms with Crippen molar-refractivity contribution >= 4 is 5.78 Å². The summed E-state index contributed by atoms with van der Waals surface area (Å²) in [6.45, 7) is -0.0618. The second kappa shape index (κ2) is 5.72. The standard InChI is InChI=1S/C12H9F3N2O3/c13-12(14,15)9(18)6-11-16-10(17-20-11)7-19-8-4-2-1-3-5-8/h1-5H,6-7H2. The van der Waals surface area contributed by atoms with Gasteiger partial charge >= 0.3 is 6.18 Å². The maximum atomic E-state index is 12.0. The third-order valence-corrected chi connectivity index (χ3v) is 2.25. The molecule has 0 radical (unpaired) electrons. The lowest BCUT2D eigenvalue weighted by molar-refractivity contribution is -0.170. The molecule has 0 amide bonds. The minimum Gasteiger partial charge on any atom is -0.485 e. The molecule has 1 aromatic heterocycles. The first-order valence-corrected chi connectivity index (χ1v) is 5.54. The molecule has 1 aromatic carbocycles. The van der Waals surface area contributed by atoms with Crippen LogP contribution in [-0.2, 0) is 17.8 Å². The number of Topliss-reactive ketones (excluding diaryl/α,β-unsaturated/α-hetero) is 1. The summed E-state index contributed by atoms with van der Waals surface area (Å²) in [6, 6.07) is 8.74. The molecule has 0 saturated carbocycles. The second-order valence-corrected chi connectivity index (χ2v) is 3.80. The number of benzene rings is 1. The lowest BCUT2D eigenvalue weighted by Crippen LogP contribution is -2.24. The number of ketones is 1. The molecule has 0 bridgehead atoms. The summed E-state index contributed by atoms with van der Waals surface area (Å²) in [5.74, 6) is -1.69. The number of hydrogen-bond acceptors (Lipinski definition) is 5. The van der Waals surface area contributed by atoms with Gasteiger partial charge in [-0.2, -0.15) is 18.2 Å². The smallest absolute Gasteiger partial charge is 0.450 e. The van der Waals surface area contributed by atoms with Crippen molar-refractivity contribution in [1.82, 2.24) is 10.1 Å². The van der Waals surface area contributed by atoms with Crippen LogP contribution in [0.15, 0.2) is 34.9 Å². The number of alkyl halides is 3. The summed E-state index contributed by atoms with van der Waals surface area (Å²) in [5, 5.41) is 3.44. The molecule has 0 aliphatic carbocycles. The van der Waals surface area contributed by atoms with Crippen LogP contribution in [0.3, 0.4) is 0 Å². The maximum Gasteiger partial charge on any atom is 0.450 e. The number of para-hydroxylation sites is 1. The molecule has 1 heterocycles. The molecule has 8 heteroatoms. The molecule has 0 atom stereocenters. The predicted molar refractivity (Wildman–Crippen MR) is 59.8 cm³/mol. The van der Waals surface area contributed by atoms with Gasteiger partial charge in [0.05, 0.1) is 6.42 Å². The highest BCUT2D eigenvalue weighted by molar-refractivity contribution is 5.85. The van der Waals surface area contributed by atoms with Crippen molar-refractivity contribution in [3.63, 3.8) is 0 Å². The molecule has 2 aromatic rings. The van der Waals surface area contributed by atoms with E-state index in [0.29, 0.717) is 5.75 Å². The fraction of sp³-hybridized carbons (Fsp3) is 0.250. The zero-order valence-electron chi connectivity index (χ0n) is 10.1. The Kier molecular flexibility index (Phi) is 4.02. The van der Waals surface area contributed by atoms with Gasteiger partial charge in [0.1, 0.15) is 5.75 Å². The van der Waals surface area contributed by atoms with Gasteiger partial charge in [0.2, 0.25) is 17.5 Å². The van der Waals surface area contributed by atoms with Crippen molar-refractivity contribution in [2.75, 3.05) is 0 Å². The van der Waals surface area contributed by atoms with Crippen LogP contribution < -0.4 is 4.74 Å². The fourth-order valence-electron chi connectivity index (χ4n) is 1.32. The Balaban J connectivity index is 1.91. The molecular weight excluding hydrogens is 277 g/mol. The lowest BCUT2D eigenvalue weighted by Gasteiger charge is -2.01. The summed E-state index contributed by atoms with van der Waals surface area (Å²) < 4.78 is 46.0. The van der Waals surface area contributed by atoms with E-state index < -0.39 is 18.4 Å². The molecular formula is C12H9F3N2O3. The Labute approximate surface area is 111 Å². The third kappa shape index (κ3) is 3.81. The highest BCUT2D eigenvalue weighted by Crippen LogP contribution is 2.18. The first-order valence-electron chi connectivity index (χ1n) is 5.54. The van der Waals surface area contributed by atoms with Gasteiger partial charge in [-0.25, -0.2) is 0 Å². The number of ether oxygens (including phenoxy) is 1. The Morgan fingerprint density at radius 2 is 1.95 bits per heavy atom. The summed E-state index contributed by atoms with van der Waals surface area (Å²) in [5.41, 5.74) is 0. The molecule has 0 spiro atoms. The largest absolute Gasteiger partial charge is 0.485 e. The van der Waals surface area contributed by atoms with Crippen LogP contribution in [0.25, 0.3) is 0 Å². The summed E-state index contributed by atoms with van der Waals surface area (Å²) >= 11 is 0. The van der Waals surface area contributed by atoms with Crippen LogP contribution in [0.1, 0.15) is 11.7 Å². The fourth-order valence-corrected chi connectivity index (χ4v) is 1.32. The van der Waals surface area contributed by atoms with Gasteiger partial charge in [-0.1, -0.05) is 23.4 Å². The number of halogens is 3. The molecule has 0 fully saturated rings. The SMILES string of the molecule is O=C(Cc1nc(COc2ccccc2)no1)C(F)(F)F. The second-order valence-electron chi connectivity index (χ2n) is 3.80. The Bertz CT molecular complexity index is 581. The number of hydrogen-bond donors (Lipinski definition) is 0. The highest BCUT2D eigenvalue weighted by Gasteiger charge is 2.39. The van der Waals surface area contributed by atoms with Gasteiger partial charge in [-0.15, -0.1) is 0 Å². The minimum absolute atomic E-state index is 0.0618. The van der Waals surface area contributed by atoms with Crippen LogP contribution in [0.5, 0.6) is 5.75 Å². The number of rotatable bonds is 5. The zero-order chi connectivity index (χ0) is 14.6. The number of nitrogens with zero attached hydrogens (tertiary/aromatic N) is 2. The van der Waals surface area contributed by atoms with Crippen molar-refractivity contribution in [3.8, 4) is 5.75 Å². The van der Waals surface area contributed by atoms with E-state index in [1.165, 1.54) is 0 Å². The molecule has 20 heavy (non-hydrogen) atoms. The van der Waals surface area contributed by atoms with Gasteiger partial charge in [0.15, 0.2) is 6.61 Å². The van der Waals surface area contributed by atoms with Gasteiger partial charge in [-0.05, 0) is 12.1 Å². The molecule has 2 rings (SSSR count). The van der Waals surface area contributed by atoms with E-state index in [9.17, 15) is 18.0 Å². The van der Waals surface area contributed by atoms with Crippen molar-refractivity contribution < 1.29 is 27.2 Å². The van der Waals surface area contributed by atoms with Crippen LogP contribution in [0.4, 0.5) is 13.2 Å². The molecule has 106 valence electrons. The summed E-state index contributed by atoms with van der Waals surface area (Å²) in [6.07, 6.45) is -5.88. The summed E-state index contributed by atoms with van der Waals surface area (Å²) in [7, 11) is 0. The Hall–Kier alpha value is -2.38. The monoisotopic (exact) mass is 286 g/mol. The van der Waals surface area contributed by atoms with Gasteiger partial charge < -0.3 is 9.26 Å². The van der Waals surface area contributed by atoms with Crippen LogP contribution in [0.2, 0.25) is 0 Å². The Morgan fingerprint density at radius 3 is 2.60 bits per heavy atom. The van der Waals surface area contributed by atoms with Gasteiger partial charge in [0, 0.05) is 0 Å². The van der Waals surface area contributed by atoms with Crippen LogP contribution >= 0.6 is 0 Å². The summed E-state index contributed by atoms with van der Waals surface area (Å²) in [4.78, 5) is 14.4. The number of aromatic nitrogens is 2. The van der Waals surface area contributed by atoms with E-state index in [-0.39, 0.29) is 18.3 Å². The van der Waals surface area contributed by atoms with E-state index in [1.54, 1.807) is 24.3 Å². The molecule has 5 nitrogen and oxygen atoms in total. The molecule has 0 unspecified atom stereocenters. The molecule has 0 N–H and O–H groups in total. The van der Waals surface area contributed by atoms with Crippen LogP contribution in [0, 0.1) is 0 Å². The average molecular weight is 286 g/mol. The first-order chi connectivity index (χ1) is 9.45. The van der Waals surface area contributed by atoms with E-state index >= 15 is 0 Å². The third-order valence-electron chi connectivity index (χ3n) is 2.25. The molecule has 0 aliphatic heterocycles. The van der Waals surface area contributed by atoms with Crippen molar-refractivity contribution in [2.24, 2.45) is 0 Å². The lowest BCUT2D eigenvalue weighted by atomic mass is 10.3. The van der Waals surface area contributed by atoms with Crippen molar-refractivity contribution in [3.05, 3.63) is 42.0 Å². The van der Waals surface area contributed by atoms with E-state index in [2.05, 4.69) is 14.7 Å². The molecule has 0 saturated heterocycles. The Morgan fingerprint density at radius 1 is 1.25 bits per heavy atom. The van der Waals surface area contributed by atoms with Crippen LogP contribution in [-0.4, -0.2) is 22.1 Å². The van der Waals surface area contributed by atoms with E-state index in [1.807, 2.05) is 6.07 Å².